The van der Waals surface area contributed by atoms with Crippen molar-refractivity contribution in [1.82, 2.24) is 4.98 Å². The molecule has 3 nitrogen and oxygen atoms in total. The first-order valence-electron chi connectivity index (χ1n) is 4.85. The first kappa shape index (κ1) is 12.8. The molecule has 2 N–H and O–H groups in total. The van der Waals surface area contributed by atoms with Crippen molar-refractivity contribution in [2.45, 2.75) is 25.6 Å². The summed E-state index contributed by atoms with van der Waals surface area (Å²) in [5, 5.41) is 0. The van der Waals surface area contributed by atoms with Crippen LogP contribution in [0.15, 0.2) is 18.3 Å². The van der Waals surface area contributed by atoms with Gasteiger partial charge in [-0.2, -0.15) is 13.2 Å². The number of aromatic nitrogens is 1. The van der Waals surface area contributed by atoms with Gasteiger partial charge in [0.05, 0.1) is 5.56 Å². The smallest absolute Gasteiger partial charge is 0.417 e. The van der Waals surface area contributed by atoms with E-state index in [0.29, 0.717) is 0 Å². The minimum absolute atomic E-state index is 0.135. The number of nitrogens with two attached hydrogens (primary N) is 1. The van der Waals surface area contributed by atoms with Crippen LogP contribution in [0.2, 0.25) is 0 Å². The van der Waals surface area contributed by atoms with E-state index in [2.05, 4.69) is 4.98 Å². The number of hydrogen-bond donors (Lipinski definition) is 1. The number of hydrogen-bond acceptors (Lipinski definition) is 3. The fourth-order valence-electron chi connectivity index (χ4n) is 0.944. The highest BCUT2D eigenvalue weighted by Crippen LogP contribution is 2.29. The minimum atomic E-state index is -4.37. The highest BCUT2D eigenvalue weighted by molar-refractivity contribution is 5.20. The third-order valence-corrected chi connectivity index (χ3v) is 2.03. The number of nitrogens with zero attached hydrogens (tertiary/aromatic N) is 1. The van der Waals surface area contributed by atoms with Crippen molar-refractivity contribution in [2.75, 3.05) is 6.61 Å². The third-order valence-electron chi connectivity index (χ3n) is 2.03. The Morgan fingerprint density at radius 3 is 2.56 bits per heavy atom. The number of halogens is 3. The van der Waals surface area contributed by atoms with E-state index in [1.54, 1.807) is 0 Å². The fourth-order valence-corrected chi connectivity index (χ4v) is 0.944. The molecule has 1 atom stereocenters. The van der Waals surface area contributed by atoms with Crippen LogP contribution in [-0.4, -0.2) is 17.6 Å². The van der Waals surface area contributed by atoms with Crippen LogP contribution in [0.5, 0.6) is 5.88 Å². The molecule has 90 valence electrons. The topological polar surface area (TPSA) is 48.1 Å². The zero-order valence-electron chi connectivity index (χ0n) is 8.79. The molecule has 0 aliphatic heterocycles. The Hall–Kier alpha value is -1.30. The van der Waals surface area contributed by atoms with Crippen LogP contribution in [0.4, 0.5) is 13.2 Å². The fraction of sp³-hybridized carbons (Fsp3) is 0.500. The van der Waals surface area contributed by atoms with Crippen molar-refractivity contribution in [3.05, 3.63) is 23.9 Å². The van der Waals surface area contributed by atoms with Crippen molar-refractivity contribution in [3.8, 4) is 5.88 Å². The quantitative estimate of drug-likeness (QED) is 0.868. The molecular weight excluding hydrogens is 221 g/mol. The second-order valence-corrected chi connectivity index (χ2v) is 3.36. The van der Waals surface area contributed by atoms with Crippen LogP contribution in [-0.2, 0) is 6.18 Å². The van der Waals surface area contributed by atoms with Gasteiger partial charge in [-0.3, -0.25) is 0 Å². The molecule has 0 saturated heterocycles. The molecule has 0 fully saturated rings. The van der Waals surface area contributed by atoms with Gasteiger partial charge in [-0.25, -0.2) is 4.98 Å². The van der Waals surface area contributed by atoms with E-state index in [1.807, 2.05) is 6.92 Å². The Kier molecular flexibility index (Phi) is 4.12. The van der Waals surface area contributed by atoms with Crippen LogP contribution in [0, 0.1) is 0 Å². The zero-order valence-corrected chi connectivity index (χ0v) is 8.79. The van der Waals surface area contributed by atoms with Crippen LogP contribution < -0.4 is 10.5 Å². The summed E-state index contributed by atoms with van der Waals surface area (Å²) in [6.45, 7) is 2.14. The van der Waals surface area contributed by atoms with Gasteiger partial charge < -0.3 is 10.5 Å². The van der Waals surface area contributed by atoms with Gasteiger partial charge in [0.25, 0.3) is 0 Å². The van der Waals surface area contributed by atoms with Gasteiger partial charge in [0.2, 0.25) is 5.88 Å². The summed E-state index contributed by atoms with van der Waals surface area (Å²) in [5.41, 5.74) is 4.80. The van der Waals surface area contributed by atoms with E-state index in [4.69, 9.17) is 10.5 Å². The summed E-state index contributed by atoms with van der Waals surface area (Å²) in [7, 11) is 0. The number of rotatable bonds is 4. The van der Waals surface area contributed by atoms with Crippen molar-refractivity contribution in [1.29, 1.82) is 0 Å². The predicted molar refractivity (Wildman–Crippen MR) is 53.0 cm³/mol. The molecule has 0 aromatic carbocycles. The summed E-state index contributed by atoms with van der Waals surface area (Å²) >= 11 is 0. The lowest BCUT2D eigenvalue weighted by atomic mass is 10.2. The maximum absolute atomic E-state index is 12.2. The molecular formula is C10H13F3N2O. The van der Waals surface area contributed by atoms with Gasteiger partial charge in [0.1, 0.15) is 6.61 Å². The molecule has 1 aromatic rings. The molecule has 0 spiro atoms. The molecule has 0 bridgehead atoms. The zero-order chi connectivity index (χ0) is 12.2. The maximum Gasteiger partial charge on any atom is 0.417 e. The average Bonchev–Trinajstić information content (AvgIpc) is 2.25. The van der Waals surface area contributed by atoms with Crippen molar-refractivity contribution in [3.63, 3.8) is 0 Å². The molecule has 1 rings (SSSR count). The average molecular weight is 234 g/mol. The minimum Gasteiger partial charge on any atom is -0.476 e. The van der Waals surface area contributed by atoms with Crippen molar-refractivity contribution >= 4 is 0 Å². The van der Waals surface area contributed by atoms with E-state index in [1.165, 1.54) is 6.07 Å². The molecule has 0 radical (unpaired) electrons. The molecule has 0 amide bonds. The van der Waals surface area contributed by atoms with E-state index in [0.717, 1.165) is 18.7 Å². The van der Waals surface area contributed by atoms with Crippen LogP contribution in [0.1, 0.15) is 18.9 Å². The maximum atomic E-state index is 12.2. The normalized spacial score (nSPS) is 13.6. The second-order valence-electron chi connectivity index (χ2n) is 3.36. The largest absolute Gasteiger partial charge is 0.476 e. The number of pyridine rings is 1. The number of alkyl halides is 3. The molecule has 16 heavy (non-hydrogen) atoms. The summed E-state index contributed by atoms with van der Waals surface area (Å²) < 4.78 is 41.7. The van der Waals surface area contributed by atoms with Gasteiger partial charge in [-0.05, 0) is 12.5 Å². The van der Waals surface area contributed by atoms with Crippen molar-refractivity contribution < 1.29 is 17.9 Å². The first-order valence-corrected chi connectivity index (χ1v) is 4.85. The Morgan fingerprint density at radius 1 is 1.44 bits per heavy atom. The summed E-state index contributed by atoms with van der Waals surface area (Å²) in [6, 6.07) is 1.98. The third kappa shape index (κ3) is 3.69. The van der Waals surface area contributed by atoms with Crippen LogP contribution in [0.25, 0.3) is 0 Å². The monoisotopic (exact) mass is 234 g/mol. The Balaban J connectivity index is 2.58. The molecule has 6 heteroatoms. The molecule has 0 aliphatic rings. The standard InChI is InChI=1S/C10H13F3N2O/c1-2-8(14)6-16-9-4-3-7(5-15-9)10(11,12)13/h3-5,8H,2,6,14H2,1H3. The van der Waals surface area contributed by atoms with Crippen LogP contribution >= 0.6 is 0 Å². The molecule has 0 aliphatic carbocycles. The van der Waals surface area contributed by atoms with Gasteiger partial charge in [0.15, 0.2) is 0 Å². The van der Waals surface area contributed by atoms with E-state index < -0.39 is 11.7 Å². The molecule has 1 aromatic heterocycles. The predicted octanol–water partition coefficient (Wildman–Crippen LogP) is 2.22. The highest BCUT2D eigenvalue weighted by atomic mass is 19.4. The second kappa shape index (κ2) is 5.16. The lowest BCUT2D eigenvalue weighted by Crippen LogP contribution is -2.26. The SMILES string of the molecule is CCC(N)COc1ccc(C(F)(F)F)cn1. The first-order chi connectivity index (χ1) is 7.43. The lowest BCUT2D eigenvalue weighted by molar-refractivity contribution is -0.137. The van der Waals surface area contributed by atoms with E-state index >= 15 is 0 Å². The number of ether oxygens (including phenoxy) is 1. The van der Waals surface area contributed by atoms with Gasteiger partial charge in [-0.1, -0.05) is 6.92 Å². The van der Waals surface area contributed by atoms with Crippen molar-refractivity contribution in [2.24, 2.45) is 5.73 Å². The Morgan fingerprint density at radius 2 is 2.12 bits per heavy atom. The Bertz CT molecular complexity index is 324. The lowest BCUT2D eigenvalue weighted by Gasteiger charge is -2.11. The van der Waals surface area contributed by atoms with E-state index in [9.17, 15) is 13.2 Å². The summed E-state index contributed by atoms with van der Waals surface area (Å²) in [5.74, 6) is 0.150. The van der Waals surface area contributed by atoms with E-state index in [-0.39, 0.29) is 18.5 Å². The summed E-state index contributed by atoms with van der Waals surface area (Å²) in [6.07, 6.45) is -2.89. The summed E-state index contributed by atoms with van der Waals surface area (Å²) in [4.78, 5) is 3.55. The Labute approximate surface area is 91.4 Å². The molecule has 0 saturated carbocycles. The van der Waals surface area contributed by atoms with Crippen LogP contribution in [0.3, 0.4) is 0 Å². The molecule has 1 heterocycles. The van der Waals surface area contributed by atoms with Gasteiger partial charge in [-0.15, -0.1) is 0 Å². The van der Waals surface area contributed by atoms with Gasteiger partial charge >= 0.3 is 6.18 Å². The highest BCUT2D eigenvalue weighted by Gasteiger charge is 2.30. The molecule has 1 unspecified atom stereocenters. The van der Waals surface area contributed by atoms with Gasteiger partial charge in [0, 0.05) is 18.3 Å².